The molecule has 1 aromatic carbocycles. The highest BCUT2D eigenvalue weighted by Crippen LogP contribution is 2.39. The van der Waals surface area contributed by atoms with Crippen LogP contribution < -0.4 is 16.4 Å². The van der Waals surface area contributed by atoms with E-state index in [0.29, 0.717) is 22.3 Å². The summed E-state index contributed by atoms with van der Waals surface area (Å²) in [5.74, 6) is 1.40. The van der Waals surface area contributed by atoms with Crippen molar-refractivity contribution in [2.45, 2.75) is 31.7 Å². The predicted octanol–water partition coefficient (Wildman–Crippen LogP) is 3.76. The smallest absolute Gasteiger partial charge is 0.235 e. The van der Waals surface area contributed by atoms with E-state index in [1.54, 1.807) is 6.07 Å². The van der Waals surface area contributed by atoms with Crippen LogP contribution in [0.25, 0.3) is 0 Å². The van der Waals surface area contributed by atoms with Crippen molar-refractivity contribution in [1.82, 2.24) is 25.1 Å². The summed E-state index contributed by atoms with van der Waals surface area (Å²) in [4.78, 5) is 12.5. The molecule has 4 rings (SSSR count). The number of hydrogen-bond donors (Lipinski definition) is 4. The molecule has 1 aliphatic carbocycles. The van der Waals surface area contributed by atoms with Crippen LogP contribution >= 0.6 is 11.6 Å². The van der Waals surface area contributed by atoms with E-state index in [4.69, 9.17) is 17.3 Å². The Hall–Kier alpha value is -2.94. The first-order chi connectivity index (χ1) is 13.0. The van der Waals surface area contributed by atoms with Gasteiger partial charge < -0.3 is 16.4 Å². The number of rotatable bonds is 6. The Kier molecular flexibility index (Phi) is 4.53. The maximum Gasteiger partial charge on any atom is 0.235 e. The highest BCUT2D eigenvalue weighted by Gasteiger charge is 2.25. The highest BCUT2D eigenvalue weighted by molar-refractivity contribution is 6.31. The second kappa shape index (κ2) is 6.99. The third kappa shape index (κ3) is 4.08. The normalized spacial score (nSPS) is 14.8. The van der Waals surface area contributed by atoms with Crippen molar-refractivity contribution in [3.05, 3.63) is 46.4 Å². The molecule has 10 heteroatoms. The standard InChI is InChI=1S/C17H18ClFN8/c1-8(11-5-4-10(19)6-12(11)18)21-16-23-15(20)24-17(25-16)22-14-7-13(26-27-14)9-2-3-9/h4-9H,2-3H2,1H3,(H5,20,21,22,23,24,25,26,27). The Morgan fingerprint density at radius 1 is 1.22 bits per heavy atom. The van der Waals surface area contributed by atoms with Crippen molar-refractivity contribution in [2.75, 3.05) is 16.4 Å². The largest absolute Gasteiger partial charge is 0.368 e. The number of aromatic nitrogens is 5. The van der Waals surface area contributed by atoms with Crippen LogP contribution in [0.3, 0.4) is 0 Å². The average molecular weight is 389 g/mol. The minimum absolute atomic E-state index is 0.0605. The molecule has 1 unspecified atom stereocenters. The van der Waals surface area contributed by atoms with Crippen molar-refractivity contribution in [2.24, 2.45) is 0 Å². The molecule has 27 heavy (non-hydrogen) atoms. The molecule has 1 aliphatic rings. The minimum Gasteiger partial charge on any atom is -0.368 e. The summed E-state index contributed by atoms with van der Waals surface area (Å²) < 4.78 is 13.2. The van der Waals surface area contributed by atoms with E-state index in [1.807, 2.05) is 13.0 Å². The first-order valence-corrected chi connectivity index (χ1v) is 8.91. The summed E-state index contributed by atoms with van der Waals surface area (Å²) >= 11 is 6.11. The lowest BCUT2D eigenvalue weighted by atomic mass is 10.1. The average Bonchev–Trinajstić information content (AvgIpc) is 3.34. The van der Waals surface area contributed by atoms with E-state index in [9.17, 15) is 4.39 Å². The number of nitrogens with two attached hydrogens (primary N) is 1. The van der Waals surface area contributed by atoms with E-state index in [1.165, 1.54) is 25.0 Å². The molecule has 0 amide bonds. The second-order valence-electron chi connectivity index (χ2n) is 6.48. The number of H-pyrrole nitrogens is 1. The zero-order valence-corrected chi connectivity index (χ0v) is 15.3. The number of nitrogen functional groups attached to an aromatic ring is 1. The third-order valence-corrected chi connectivity index (χ3v) is 4.61. The summed E-state index contributed by atoms with van der Waals surface area (Å²) in [7, 11) is 0. The van der Waals surface area contributed by atoms with Gasteiger partial charge in [-0.05, 0) is 37.5 Å². The Balaban J connectivity index is 1.50. The van der Waals surface area contributed by atoms with Gasteiger partial charge in [-0.25, -0.2) is 4.39 Å². The number of halogens is 2. The van der Waals surface area contributed by atoms with E-state index >= 15 is 0 Å². The van der Waals surface area contributed by atoms with Gasteiger partial charge in [0, 0.05) is 22.7 Å². The molecule has 2 aromatic heterocycles. The van der Waals surface area contributed by atoms with Gasteiger partial charge in [0.05, 0.1) is 6.04 Å². The quantitative estimate of drug-likeness (QED) is 0.507. The minimum atomic E-state index is -0.392. The van der Waals surface area contributed by atoms with Gasteiger partial charge in [0.15, 0.2) is 5.82 Å². The second-order valence-corrected chi connectivity index (χ2v) is 6.89. The van der Waals surface area contributed by atoms with Crippen molar-refractivity contribution in [3.8, 4) is 0 Å². The fraction of sp³-hybridized carbons (Fsp3) is 0.294. The van der Waals surface area contributed by atoms with Crippen LogP contribution in [0.2, 0.25) is 5.02 Å². The van der Waals surface area contributed by atoms with Crippen LogP contribution in [0.4, 0.5) is 28.1 Å². The zero-order valence-electron chi connectivity index (χ0n) is 14.5. The van der Waals surface area contributed by atoms with Crippen molar-refractivity contribution in [1.29, 1.82) is 0 Å². The highest BCUT2D eigenvalue weighted by atomic mass is 35.5. The molecule has 0 bridgehead atoms. The number of anilines is 4. The molecule has 8 nitrogen and oxygen atoms in total. The van der Waals surface area contributed by atoms with Crippen LogP contribution in [-0.2, 0) is 0 Å². The van der Waals surface area contributed by atoms with Crippen LogP contribution in [-0.4, -0.2) is 25.1 Å². The molecular weight excluding hydrogens is 371 g/mol. The summed E-state index contributed by atoms with van der Waals surface area (Å²) in [6.45, 7) is 1.86. The first-order valence-electron chi connectivity index (χ1n) is 8.53. The van der Waals surface area contributed by atoms with Crippen LogP contribution in [0, 0.1) is 5.82 Å². The number of nitrogens with zero attached hydrogens (tertiary/aromatic N) is 4. The molecular formula is C17H18ClFN8. The maximum absolute atomic E-state index is 13.2. The lowest BCUT2D eigenvalue weighted by Gasteiger charge is -2.16. The molecule has 0 aliphatic heterocycles. The van der Waals surface area contributed by atoms with Gasteiger partial charge in [-0.2, -0.15) is 20.1 Å². The van der Waals surface area contributed by atoms with Crippen molar-refractivity contribution >= 4 is 35.3 Å². The van der Waals surface area contributed by atoms with Crippen LogP contribution in [0.5, 0.6) is 0 Å². The molecule has 140 valence electrons. The lowest BCUT2D eigenvalue weighted by Crippen LogP contribution is -2.13. The number of nitrogens with one attached hydrogen (secondary N) is 3. The Morgan fingerprint density at radius 2 is 2.00 bits per heavy atom. The molecule has 0 saturated heterocycles. The fourth-order valence-corrected chi connectivity index (χ4v) is 3.09. The first kappa shape index (κ1) is 17.5. The summed E-state index contributed by atoms with van der Waals surface area (Å²) in [5, 5.41) is 13.7. The molecule has 1 atom stereocenters. The maximum atomic E-state index is 13.2. The van der Waals surface area contributed by atoms with Crippen LogP contribution in [0.1, 0.15) is 43.0 Å². The molecule has 0 spiro atoms. The lowest BCUT2D eigenvalue weighted by molar-refractivity contribution is 0.626. The number of benzene rings is 1. The molecule has 1 fully saturated rings. The van der Waals surface area contributed by atoms with Crippen molar-refractivity contribution in [3.63, 3.8) is 0 Å². The fourth-order valence-electron chi connectivity index (χ4n) is 2.76. The zero-order chi connectivity index (χ0) is 19.0. The van der Waals surface area contributed by atoms with Gasteiger partial charge in [0.25, 0.3) is 0 Å². The van der Waals surface area contributed by atoms with E-state index in [0.717, 1.165) is 5.69 Å². The van der Waals surface area contributed by atoms with E-state index < -0.39 is 5.82 Å². The Morgan fingerprint density at radius 3 is 2.74 bits per heavy atom. The monoisotopic (exact) mass is 388 g/mol. The summed E-state index contributed by atoms with van der Waals surface area (Å²) in [6, 6.07) is 5.90. The Bertz CT molecular complexity index is 971. The van der Waals surface area contributed by atoms with Gasteiger partial charge in [-0.1, -0.05) is 17.7 Å². The topological polar surface area (TPSA) is 117 Å². The van der Waals surface area contributed by atoms with E-state index in [-0.39, 0.29) is 23.9 Å². The number of aromatic amines is 1. The summed E-state index contributed by atoms with van der Waals surface area (Å²) in [6.07, 6.45) is 2.36. The van der Waals surface area contributed by atoms with Gasteiger partial charge in [0.1, 0.15) is 5.82 Å². The number of hydrogen-bond acceptors (Lipinski definition) is 7. The molecule has 0 radical (unpaired) electrons. The molecule has 3 aromatic rings. The molecule has 2 heterocycles. The van der Waals surface area contributed by atoms with Gasteiger partial charge in [0.2, 0.25) is 17.8 Å². The molecule has 5 N–H and O–H groups in total. The van der Waals surface area contributed by atoms with Crippen molar-refractivity contribution < 1.29 is 4.39 Å². The van der Waals surface area contributed by atoms with E-state index in [2.05, 4.69) is 35.8 Å². The summed E-state index contributed by atoms with van der Waals surface area (Å²) in [5.41, 5.74) is 7.61. The predicted molar refractivity (Wildman–Crippen MR) is 102 cm³/mol. The van der Waals surface area contributed by atoms with Gasteiger partial charge in [-0.15, -0.1) is 0 Å². The Labute approximate surface area is 159 Å². The SMILES string of the molecule is CC(Nc1nc(N)nc(Nc2cc(C3CC3)[nH]n2)n1)c1ccc(F)cc1Cl. The van der Waals surface area contributed by atoms with Gasteiger partial charge >= 0.3 is 0 Å². The third-order valence-electron chi connectivity index (χ3n) is 4.28. The van der Waals surface area contributed by atoms with Gasteiger partial charge in [-0.3, -0.25) is 5.10 Å². The molecule has 1 saturated carbocycles. The van der Waals surface area contributed by atoms with Crippen LogP contribution in [0.15, 0.2) is 24.3 Å².